The molecule has 0 saturated heterocycles. The van der Waals surface area contributed by atoms with Crippen molar-refractivity contribution in [1.82, 2.24) is 0 Å². The summed E-state index contributed by atoms with van der Waals surface area (Å²) < 4.78 is 0. The first-order valence-electron chi connectivity index (χ1n) is 24.0. The lowest BCUT2D eigenvalue weighted by Crippen LogP contribution is -2.61. The number of fused-ring (bicyclic) bond motifs is 7. The summed E-state index contributed by atoms with van der Waals surface area (Å²) in [5.41, 5.74) is 26.3. The third-order valence-electron chi connectivity index (χ3n) is 14.9. The smallest absolute Gasteiger partial charge is 0.252 e. The summed E-state index contributed by atoms with van der Waals surface area (Å²) in [4.78, 5) is 5.12. The molecule has 0 N–H and O–H groups in total. The average Bonchev–Trinajstić information content (AvgIpc) is 3.46. The molecule has 0 bridgehead atoms. The van der Waals surface area contributed by atoms with Crippen LogP contribution in [0.4, 0.5) is 34.1 Å². The van der Waals surface area contributed by atoms with Gasteiger partial charge in [-0.1, -0.05) is 176 Å². The van der Waals surface area contributed by atoms with Gasteiger partial charge in [-0.25, -0.2) is 0 Å². The molecule has 7 aromatic carbocycles. The number of aryl methyl sites for hydroxylation is 1. The molecule has 1 aliphatic carbocycles. The molecular formula is C62H67BN2. The summed E-state index contributed by atoms with van der Waals surface area (Å²) in [5, 5.41) is 0. The van der Waals surface area contributed by atoms with Crippen molar-refractivity contribution < 1.29 is 0 Å². The van der Waals surface area contributed by atoms with E-state index in [9.17, 15) is 0 Å². The highest BCUT2D eigenvalue weighted by molar-refractivity contribution is 7.00. The fraction of sp³-hybridized carbons (Fsp3) is 0.323. The summed E-state index contributed by atoms with van der Waals surface area (Å²) in [6.07, 6.45) is 0. The quantitative estimate of drug-likeness (QED) is 0.163. The van der Waals surface area contributed by atoms with Gasteiger partial charge in [0.05, 0.1) is 0 Å². The number of hydrogen-bond acceptors (Lipinski definition) is 2. The summed E-state index contributed by atoms with van der Waals surface area (Å²) in [5.74, 6) is 0. The topological polar surface area (TPSA) is 6.48 Å². The molecule has 10 rings (SSSR count). The molecule has 328 valence electrons. The normalized spacial score (nSPS) is 15.0. The molecular weight excluding hydrogens is 784 g/mol. The molecule has 0 radical (unpaired) electrons. The molecule has 0 saturated carbocycles. The van der Waals surface area contributed by atoms with Gasteiger partial charge in [-0.05, 0) is 161 Å². The van der Waals surface area contributed by atoms with Crippen LogP contribution in [0.1, 0.15) is 136 Å². The molecule has 2 aliphatic heterocycles. The number of anilines is 6. The van der Waals surface area contributed by atoms with Gasteiger partial charge in [-0.15, -0.1) is 0 Å². The molecule has 2 heterocycles. The second-order valence-corrected chi connectivity index (χ2v) is 24.1. The van der Waals surface area contributed by atoms with Crippen molar-refractivity contribution in [2.75, 3.05) is 9.80 Å². The zero-order chi connectivity index (χ0) is 46.3. The van der Waals surface area contributed by atoms with Crippen LogP contribution in [0.3, 0.4) is 0 Å². The highest BCUT2D eigenvalue weighted by Crippen LogP contribution is 2.51. The van der Waals surface area contributed by atoms with E-state index in [1.807, 2.05) is 0 Å². The maximum Gasteiger partial charge on any atom is 0.252 e. The Labute approximate surface area is 390 Å². The predicted octanol–water partition coefficient (Wildman–Crippen LogP) is 15.2. The van der Waals surface area contributed by atoms with Gasteiger partial charge in [0, 0.05) is 39.5 Å². The van der Waals surface area contributed by atoms with Gasteiger partial charge in [0.1, 0.15) is 0 Å². The Morgan fingerprint density at radius 3 is 1.42 bits per heavy atom. The maximum atomic E-state index is 2.57. The first-order valence-corrected chi connectivity index (χ1v) is 24.0. The van der Waals surface area contributed by atoms with E-state index in [4.69, 9.17) is 0 Å². The van der Waals surface area contributed by atoms with Crippen LogP contribution < -0.4 is 26.2 Å². The molecule has 2 nitrogen and oxygen atoms in total. The number of hydrogen-bond donors (Lipinski definition) is 0. The maximum absolute atomic E-state index is 2.57. The molecule has 0 fully saturated rings. The molecule has 0 amide bonds. The van der Waals surface area contributed by atoms with Crippen LogP contribution in [0, 0.1) is 6.92 Å². The summed E-state index contributed by atoms with van der Waals surface area (Å²) in [6, 6.07) is 52.5. The van der Waals surface area contributed by atoms with Crippen molar-refractivity contribution >= 4 is 57.2 Å². The minimum atomic E-state index is -0.0836. The lowest BCUT2D eigenvalue weighted by atomic mass is 9.33. The van der Waals surface area contributed by atoms with E-state index in [2.05, 4.69) is 247 Å². The van der Waals surface area contributed by atoms with Crippen molar-refractivity contribution in [3.63, 3.8) is 0 Å². The van der Waals surface area contributed by atoms with Crippen LogP contribution in [0.25, 0.3) is 22.3 Å². The van der Waals surface area contributed by atoms with E-state index in [1.54, 1.807) is 0 Å². The van der Waals surface area contributed by atoms with Crippen molar-refractivity contribution in [2.24, 2.45) is 0 Å². The predicted molar refractivity (Wildman–Crippen MR) is 283 cm³/mol. The Kier molecular flexibility index (Phi) is 9.52. The Balaban J connectivity index is 1.14. The lowest BCUT2D eigenvalue weighted by molar-refractivity contribution is 0.584. The highest BCUT2D eigenvalue weighted by atomic mass is 15.2. The second-order valence-electron chi connectivity index (χ2n) is 24.1. The molecule has 0 unspecified atom stereocenters. The summed E-state index contributed by atoms with van der Waals surface area (Å²) in [7, 11) is 0. The van der Waals surface area contributed by atoms with Crippen LogP contribution in [0.5, 0.6) is 0 Å². The Morgan fingerprint density at radius 2 is 0.831 bits per heavy atom. The fourth-order valence-corrected chi connectivity index (χ4v) is 10.9. The Hall–Kier alpha value is -5.80. The zero-order valence-corrected chi connectivity index (χ0v) is 41.7. The number of nitrogens with zero attached hydrogens (tertiary/aromatic N) is 2. The first kappa shape index (κ1) is 43.1. The summed E-state index contributed by atoms with van der Waals surface area (Å²) in [6.45, 7) is 35.0. The van der Waals surface area contributed by atoms with Crippen molar-refractivity contribution in [1.29, 1.82) is 0 Å². The van der Waals surface area contributed by atoms with Crippen molar-refractivity contribution in [3.05, 3.63) is 172 Å². The molecule has 65 heavy (non-hydrogen) atoms. The molecule has 0 aromatic heterocycles. The van der Waals surface area contributed by atoms with Crippen LogP contribution in [0.2, 0.25) is 0 Å². The van der Waals surface area contributed by atoms with E-state index in [0.29, 0.717) is 0 Å². The van der Waals surface area contributed by atoms with E-state index in [0.717, 1.165) is 0 Å². The number of benzene rings is 7. The highest BCUT2D eigenvalue weighted by Gasteiger charge is 2.44. The van der Waals surface area contributed by atoms with Gasteiger partial charge in [0.15, 0.2) is 0 Å². The second kappa shape index (κ2) is 14.4. The SMILES string of the molecule is Cc1cc2c3c(c1)N(c1ccc(-c4ccc5c(c4)C(C)(C)c4cc(C(C)(C)C)ccc4-5)cc1)c1cc(C(C)(C)C)ccc1B3c1cc(C(C)(C)C)ccc1N2c1ccc(C(C)(C)C)cc1. The molecule has 7 aromatic rings. The van der Waals surface area contributed by atoms with Crippen molar-refractivity contribution in [2.45, 2.75) is 131 Å². The van der Waals surface area contributed by atoms with Gasteiger partial charge in [-0.2, -0.15) is 0 Å². The van der Waals surface area contributed by atoms with Gasteiger partial charge in [0.2, 0.25) is 0 Å². The summed E-state index contributed by atoms with van der Waals surface area (Å²) >= 11 is 0. The van der Waals surface area contributed by atoms with E-state index >= 15 is 0 Å². The molecule has 0 spiro atoms. The fourth-order valence-electron chi connectivity index (χ4n) is 10.9. The third-order valence-corrected chi connectivity index (χ3v) is 14.9. The van der Waals surface area contributed by atoms with Crippen LogP contribution >= 0.6 is 0 Å². The lowest BCUT2D eigenvalue weighted by Gasteiger charge is -2.45. The first-order chi connectivity index (χ1) is 30.4. The molecule has 3 aliphatic rings. The minimum Gasteiger partial charge on any atom is -0.311 e. The largest absolute Gasteiger partial charge is 0.311 e. The van der Waals surface area contributed by atoms with Crippen LogP contribution in [-0.4, -0.2) is 6.71 Å². The van der Waals surface area contributed by atoms with Crippen LogP contribution in [0.15, 0.2) is 133 Å². The monoisotopic (exact) mass is 851 g/mol. The van der Waals surface area contributed by atoms with Gasteiger partial charge < -0.3 is 9.80 Å². The van der Waals surface area contributed by atoms with E-state index < -0.39 is 0 Å². The van der Waals surface area contributed by atoms with E-state index in [-0.39, 0.29) is 33.8 Å². The minimum absolute atomic E-state index is 0.000321. The van der Waals surface area contributed by atoms with Crippen molar-refractivity contribution in [3.8, 4) is 22.3 Å². The third kappa shape index (κ3) is 6.99. The standard InChI is InChI=1S/C62H67BN2/c1-38-32-55-57-56(33-38)65(45-24-16-39(17-25-45)40-18-28-47-48-29-21-42(59(5,6)7)35-50(48)62(14,15)49(47)34-40)54-37-44(61(11,12)13)22-30-51(54)63(57)52-36-43(60(8,9)10)23-31-53(52)64(55)46-26-19-41(20-27-46)58(2,3)4/h16-37H,1-15H3. The molecule has 3 heteroatoms. The molecule has 0 atom stereocenters. The van der Waals surface area contributed by atoms with Crippen LogP contribution in [-0.2, 0) is 27.1 Å². The van der Waals surface area contributed by atoms with Gasteiger partial charge in [-0.3, -0.25) is 0 Å². The average molecular weight is 851 g/mol. The van der Waals surface area contributed by atoms with Gasteiger partial charge >= 0.3 is 0 Å². The van der Waals surface area contributed by atoms with E-state index in [1.165, 1.54) is 112 Å². The zero-order valence-electron chi connectivity index (χ0n) is 41.7. The Morgan fingerprint density at radius 1 is 0.385 bits per heavy atom. The Bertz CT molecular complexity index is 3050. The number of rotatable bonds is 3. The van der Waals surface area contributed by atoms with Gasteiger partial charge in [0.25, 0.3) is 6.71 Å².